The zero-order chi connectivity index (χ0) is 28.5. The third-order valence-electron chi connectivity index (χ3n) is 8.63. The minimum Gasteiger partial charge on any atom is -0.497 e. The second-order valence-electron chi connectivity index (χ2n) is 10.5. The van der Waals surface area contributed by atoms with Gasteiger partial charge in [-0.25, -0.2) is 4.39 Å². The van der Waals surface area contributed by atoms with Crippen LogP contribution >= 0.6 is 11.6 Å². The van der Waals surface area contributed by atoms with Crippen molar-refractivity contribution in [1.29, 1.82) is 0 Å². The van der Waals surface area contributed by atoms with Crippen LogP contribution in [0, 0.1) is 11.2 Å². The van der Waals surface area contributed by atoms with Crippen LogP contribution in [0.4, 0.5) is 10.1 Å². The highest BCUT2D eigenvalue weighted by Gasteiger charge is 2.71. The van der Waals surface area contributed by atoms with Crippen molar-refractivity contribution in [3.63, 3.8) is 0 Å². The van der Waals surface area contributed by atoms with Crippen molar-refractivity contribution >= 4 is 40.7 Å². The molecule has 0 bridgehead atoms. The van der Waals surface area contributed by atoms with Crippen LogP contribution in [0.3, 0.4) is 0 Å². The SMILES string of the molecule is COc1cccc(C(=O)[C@@H]2[C@H](c3ccccc3Cl)C3(C(=O)c4ccccc4C3=O)[C@H]3C=Cc4cc(F)ccc4N23)c1. The number of fused-ring (bicyclic) bond motifs is 5. The quantitative estimate of drug-likeness (QED) is 0.202. The number of ether oxygens (including phenoxy) is 1. The summed E-state index contributed by atoms with van der Waals surface area (Å²) in [7, 11) is 1.52. The maximum atomic E-state index is 14.7. The molecule has 7 heteroatoms. The van der Waals surface area contributed by atoms with E-state index in [1.807, 2.05) is 4.90 Å². The van der Waals surface area contributed by atoms with Gasteiger partial charge in [-0.05, 0) is 42.0 Å². The first-order valence-corrected chi connectivity index (χ1v) is 13.6. The zero-order valence-electron chi connectivity index (χ0n) is 21.9. The van der Waals surface area contributed by atoms with E-state index in [4.69, 9.17) is 16.3 Å². The highest BCUT2D eigenvalue weighted by atomic mass is 35.5. The van der Waals surface area contributed by atoms with Crippen LogP contribution < -0.4 is 9.64 Å². The summed E-state index contributed by atoms with van der Waals surface area (Å²) in [6.45, 7) is 0. The number of hydrogen-bond donors (Lipinski definition) is 0. The Morgan fingerprint density at radius 3 is 2.32 bits per heavy atom. The van der Waals surface area contributed by atoms with E-state index in [9.17, 15) is 18.8 Å². The van der Waals surface area contributed by atoms with Crippen molar-refractivity contribution < 1.29 is 23.5 Å². The fraction of sp³-hybridized carbons (Fsp3) is 0.147. The van der Waals surface area contributed by atoms with Crippen molar-refractivity contribution in [2.75, 3.05) is 12.0 Å². The lowest BCUT2D eigenvalue weighted by Crippen LogP contribution is -2.48. The maximum Gasteiger partial charge on any atom is 0.186 e. The first kappa shape index (κ1) is 25.4. The monoisotopic (exact) mass is 563 g/mol. The molecule has 41 heavy (non-hydrogen) atoms. The molecule has 0 aromatic heterocycles. The van der Waals surface area contributed by atoms with Crippen molar-refractivity contribution in [1.82, 2.24) is 0 Å². The van der Waals surface area contributed by atoms with Gasteiger partial charge in [-0.2, -0.15) is 0 Å². The Morgan fingerprint density at radius 2 is 1.61 bits per heavy atom. The topological polar surface area (TPSA) is 63.7 Å². The van der Waals surface area contributed by atoms with Crippen molar-refractivity contribution in [3.05, 3.63) is 136 Å². The molecular formula is C34H23ClFNO4. The highest BCUT2D eigenvalue weighted by Crippen LogP contribution is 2.61. The van der Waals surface area contributed by atoms with Gasteiger partial charge < -0.3 is 9.64 Å². The molecular weight excluding hydrogens is 541 g/mol. The summed E-state index contributed by atoms with van der Waals surface area (Å²) in [4.78, 5) is 45.8. The fourth-order valence-electron chi connectivity index (χ4n) is 6.97. The summed E-state index contributed by atoms with van der Waals surface area (Å²) < 4.78 is 19.8. The minimum absolute atomic E-state index is 0.308. The van der Waals surface area contributed by atoms with E-state index >= 15 is 0 Å². The summed E-state index contributed by atoms with van der Waals surface area (Å²) in [5, 5.41) is 0.347. The van der Waals surface area contributed by atoms with Gasteiger partial charge in [0.25, 0.3) is 0 Å². The van der Waals surface area contributed by atoms with Gasteiger partial charge in [0.05, 0.1) is 13.2 Å². The summed E-state index contributed by atoms with van der Waals surface area (Å²) in [5.74, 6) is -1.90. The number of methoxy groups -OCH3 is 1. The molecule has 3 aliphatic rings. The predicted octanol–water partition coefficient (Wildman–Crippen LogP) is 6.80. The van der Waals surface area contributed by atoms with E-state index in [2.05, 4.69) is 0 Å². The standard InChI is InChI=1S/C34H23ClFNO4/c1-41-22-8-6-7-20(18-22)31(38)30-29(25-11-4-5-12-26(25)35)34(32(39)23-9-2-3-10-24(23)33(34)40)28-16-13-19-17-21(36)14-15-27(19)37(28)30/h2-18,28-30H,1H3/t28-,29+,30+/m1/s1. The number of anilines is 1. The van der Waals surface area contributed by atoms with Crippen LogP contribution in [0.25, 0.3) is 6.08 Å². The Morgan fingerprint density at radius 1 is 0.902 bits per heavy atom. The first-order valence-electron chi connectivity index (χ1n) is 13.3. The van der Waals surface area contributed by atoms with Gasteiger partial charge in [0.15, 0.2) is 17.3 Å². The Labute approximate surface area is 240 Å². The molecule has 4 aromatic carbocycles. The lowest BCUT2D eigenvalue weighted by molar-refractivity contribution is 0.0666. The van der Waals surface area contributed by atoms with Crippen molar-refractivity contribution in [2.45, 2.75) is 18.0 Å². The summed E-state index contributed by atoms with van der Waals surface area (Å²) in [6.07, 6.45) is 3.49. The van der Waals surface area contributed by atoms with Gasteiger partial charge in [0, 0.05) is 38.9 Å². The largest absolute Gasteiger partial charge is 0.497 e. The molecule has 0 unspecified atom stereocenters. The normalized spacial score (nSPS) is 21.5. The van der Waals surface area contributed by atoms with Gasteiger partial charge >= 0.3 is 0 Å². The van der Waals surface area contributed by atoms with E-state index < -0.39 is 29.2 Å². The van der Waals surface area contributed by atoms with E-state index in [0.717, 1.165) is 0 Å². The van der Waals surface area contributed by atoms with E-state index in [1.54, 1.807) is 91.0 Å². The van der Waals surface area contributed by atoms with Gasteiger partial charge in [0.1, 0.15) is 23.0 Å². The lowest BCUT2D eigenvalue weighted by atomic mass is 9.64. The third-order valence-corrected chi connectivity index (χ3v) is 8.97. The summed E-state index contributed by atoms with van der Waals surface area (Å²) in [6, 6.07) is 23.1. The second kappa shape index (κ2) is 9.25. The Balaban J connectivity index is 1.56. The smallest absolute Gasteiger partial charge is 0.186 e. The maximum absolute atomic E-state index is 14.7. The van der Waals surface area contributed by atoms with Crippen LogP contribution in [0.2, 0.25) is 5.02 Å². The number of carbonyl (C=O) groups excluding carboxylic acids is 3. The number of rotatable bonds is 4. The molecule has 1 fully saturated rings. The van der Waals surface area contributed by atoms with Gasteiger partial charge in [-0.3, -0.25) is 14.4 Å². The zero-order valence-corrected chi connectivity index (χ0v) is 22.6. The average molecular weight is 564 g/mol. The van der Waals surface area contributed by atoms with Gasteiger partial charge in [0.2, 0.25) is 0 Å². The molecule has 0 N–H and O–H groups in total. The van der Waals surface area contributed by atoms with Crippen LogP contribution in [0.15, 0.2) is 97.1 Å². The Kier molecular flexibility index (Phi) is 5.73. The van der Waals surface area contributed by atoms with Crippen molar-refractivity contribution in [2.24, 2.45) is 5.41 Å². The summed E-state index contributed by atoms with van der Waals surface area (Å²) >= 11 is 6.81. The molecule has 4 aromatic rings. The Bertz CT molecular complexity index is 1780. The van der Waals surface area contributed by atoms with Gasteiger partial charge in [-0.1, -0.05) is 78.4 Å². The van der Waals surface area contributed by atoms with Gasteiger partial charge in [-0.15, -0.1) is 0 Å². The number of Topliss-reactive ketones (excluding diaryl/α,β-unsaturated/α-hetero) is 3. The predicted molar refractivity (Wildman–Crippen MR) is 155 cm³/mol. The highest BCUT2D eigenvalue weighted by molar-refractivity contribution is 6.34. The third kappa shape index (κ3) is 3.44. The van der Waals surface area contributed by atoms with E-state index in [0.29, 0.717) is 44.3 Å². The molecule has 0 radical (unpaired) electrons. The molecule has 3 atom stereocenters. The van der Waals surface area contributed by atoms with E-state index in [-0.39, 0.29) is 17.3 Å². The molecule has 2 aliphatic heterocycles. The number of nitrogens with zero attached hydrogens (tertiary/aromatic N) is 1. The second-order valence-corrected chi connectivity index (χ2v) is 10.9. The minimum atomic E-state index is -1.68. The number of halogens is 2. The van der Waals surface area contributed by atoms with E-state index in [1.165, 1.54) is 19.2 Å². The number of hydrogen-bond acceptors (Lipinski definition) is 5. The lowest BCUT2D eigenvalue weighted by Gasteiger charge is -2.37. The molecule has 0 saturated carbocycles. The molecule has 1 saturated heterocycles. The van der Waals surface area contributed by atoms with Crippen LogP contribution in [0.5, 0.6) is 5.75 Å². The molecule has 2 heterocycles. The first-order chi connectivity index (χ1) is 19.9. The molecule has 1 spiro atoms. The Hall–Kier alpha value is -4.55. The number of benzene rings is 4. The van der Waals surface area contributed by atoms with Crippen molar-refractivity contribution in [3.8, 4) is 5.75 Å². The molecule has 0 amide bonds. The molecule has 7 rings (SSSR count). The summed E-state index contributed by atoms with van der Waals surface area (Å²) in [5.41, 5.74) is 0.952. The van der Waals surface area contributed by atoms with Crippen LogP contribution in [0.1, 0.15) is 48.1 Å². The number of carbonyl (C=O) groups is 3. The van der Waals surface area contributed by atoms with Crippen LogP contribution in [-0.2, 0) is 0 Å². The molecule has 1 aliphatic carbocycles. The molecule has 202 valence electrons. The number of ketones is 3. The van der Waals surface area contributed by atoms with Crippen LogP contribution in [-0.4, -0.2) is 36.5 Å². The molecule has 5 nitrogen and oxygen atoms in total. The fourth-order valence-corrected chi connectivity index (χ4v) is 7.22. The average Bonchev–Trinajstić information content (AvgIpc) is 3.43.